The minimum absolute atomic E-state index is 0.103. The van der Waals surface area contributed by atoms with Gasteiger partial charge in [-0.1, -0.05) is 19.1 Å². The van der Waals surface area contributed by atoms with E-state index in [1.165, 1.54) is 33.5 Å². The largest absolute Gasteiger partial charge is 0.494 e. The monoisotopic (exact) mass is 409 g/mol. The summed E-state index contributed by atoms with van der Waals surface area (Å²) in [5.41, 5.74) is 4.26. The van der Waals surface area contributed by atoms with Gasteiger partial charge >= 0.3 is 11.9 Å². The number of hydrogen-bond donors (Lipinski definition) is 0. The van der Waals surface area contributed by atoms with Gasteiger partial charge in [0.15, 0.2) is 11.6 Å². The van der Waals surface area contributed by atoms with Crippen LogP contribution in [0.4, 0.5) is 4.39 Å². The number of esters is 2. The molecule has 0 aliphatic carbocycles. The maximum absolute atomic E-state index is 14.5. The first-order valence-electron chi connectivity index (χ1n) is 9.40. The number of aromatic nitrogens is 1. The molecular weight excluding hydrogens is 389 g/mol. The molecule has 3 aromatic heterocycles. The fraction of sp³-hybridized carbons (Fsp3) is 0.217. The van der Waals surface area contributed by atoms with Gasteiger partial charge < -0.3 is 18.6 Å². The van der Waals surface area contributed by atoms with Crippen molar-refractivity contribution in [3.8, 4) is 16.9 Å². The van der Waals surface area contributed by atoms with Crippen molar-refractivity contribution in [2.45, 2.75) is 13.3 Å². The van der Waals surface area contributed by atoms with E-state index in [0.29, 0.717) is 28.6 Å². The number of benzene rings is 1. The van der Waals surface area contributed by atoms with E-state index in [4.69, 9.17) is 14.2 Å². The number of rotatable bonds is 5. The van der Waals surface area contributed by atoms with Crippen molar-refractivity contribution in [3.05, 3.63) is 58.9 Å². The fourth-order valence-electron chi connectivity index (χ4n) is 4.15. The van der Waals surface area contributed by atoms with Crippen LogP contribution in [0.5, 0.6) is 5.75 Å². The van der Waals surface area contributed by atoms with Crippen LogP contribution in [0, 0.1) is 5.82 Å². The van der Waals surface area contributed by atoms with Crippen LogP contribution < -0.4 is 4.74 Å². The summed E-state index contributed by atoms with van der Waals surface area (Å²) in [7, 11) is 3.91. The smallest absolute Gasteiger partial charge is 0.340 e. The summed E-state index contributed by atoms with van der Waals surface area (Å²) >= 11 is 0. The van der Waals surface area contributed by atoms with Crippen LogP contribution in [0.3, 0.4) is 0 Å². The van der Waals surface area contributed by atoms with Gasteiger partial charge in [0.05, 0.1) is 37.9 Å². The molecule has 0 atom stereocenters. The first-order valence-corrected chi connectivity index (χ1v) is 9.40. The lowest BCUT2D eigenvalue weighted by atomic mass is 9.96. The summed E-state index contributed by atoms with van der Waals surface area (Å²) in [6.45, 7) is 1.99. The van der Waals surface area contributed by atoms with Crippen molar-refractivity contribution in [3.63, 3.8) is 0 Å². The van der Waals surface area contributed by atoms with Gasteiger partial charge in [0.2, 0.25) is 0 Å². The molecule has 3 heterocycles. The summed E-state index contributed by atoms with van der Waals surface area (Å²) in [5.74, 6) is -1.70. The molecule has 7 heteroatoms. The number of carbonyl (C=O) groups is 2. The predicted molar refractivity (Wildman–Crippen MR) is 110 cm³/mol. The highest BCUT2D eigenvalue weighted by molar-refractivity contribution is 6.18. The molecule has 4 aromatic rings. The second-order valence-electron chi connectivity index (χ2n) is 6.77. The van der Waals surface area contributed by atoms with Crippen LogP contribution in [0.1, 0.15) is 33.2 Å². The van der Waals surface area contributed by atoms with E-state index >= 15 is 0 Å². The average Bonchev–Trinajstić information content (AvgIpc) is 3.28. The molecule has 1 aromatic carbocycles. The molecule has 0 aliphatic heterocycles. The molecule has 0 saturated carbocycles. The van der Waals surface area contributed by atoms with E-state index in [-0.39, 0.29) is 16.9 Å². The number of carbonyl (C=O) groups excluding carboxylic acids is 2. The van der Waals surface area contributed by atoms with E-state index < -0.39 is 17.8 Å². The standard InChI is InChI=1S/C23H20FNO5/c1-5-13-15-7-6-8-16-19(22(26)29-3)20(23(27)30-4)21(25(15)16)18(13)12-9-10-17(28-2)14(24)11-12/h6-11H,5H2,1-4H3. The summed E-state index contributed by atoms with van der Waals surface area (Å²) < 4.78 is 31.4. The first kappa shape index (κ1) is 19.7. The Morgan fingerprint density at radius 1 is 0.967 bits per heavy atom. The molecule has 6 nitrogen and oxygen atoms in total. The van der Waals surface area contributed by atoms with Crippen molar-refractivity contribution in [1.29, 1.82) is 0 Å². The van der Waals surface area contributed by atoms with Gasteiger partial charge in [0.1, 0.15) is 11.1 Å². The number of halogens is 1. The molecule has 0 amide bonds. The highest BCUT2D eigenvalue weighted by Crippen LogP contribution is 2.42. The van der Waals surface area contributed by atoms with Crippen molar-refractivity contribution < 1.29 is 28.2 Å². The van der Waals surface area contributed by atoms with Gasteiger partial charge in [-0.25, -0.2) is 14.0 Å². The van der Waals surface area contributed by atoms with Crippen molar-refractivity contribution in [1.82, 2.24) is 4.40 Å². The van der Waals surface area contributed by atoms with E-state index in [1.54, 1.807) is 12.1 Å². The third-order valence-electron chi connectivity index (χ3n) is 5.38. The molecule has 0 N–H and O–H groups in total. The first-order chi connectivity index (χ1) is 14.5. The lowest BCUT2D eigenvalue weighted by molar-refractivity contribution is 0.0559. The number of aryl methyl sites for hydroxylation is 1. The Hall–Kier alpha value is -3.61. The van der Waals surface area contributed by atoms with Crippen molar-refractivity contribution >= 4 is 28.5 Å². The quantitative estimate of drug-likeness (QED) is 0.455. The lowest BCUT2D eigenvalue weighted by Gasteiger charge is -2.09. The zero-order valence-corrected chi connectivity index (χ0v) is 17.0. The molecule has 0 saturated heterocycles. The Balaban J connectivity index is 2.22. The molecule has 0 spiro atoms. The molecule has 154 valence electrons. The van der Waals surface area contributed by atoms with Gasteiger partial charge in [-0.15, -0.1) is 0 Å². The number of pyridine rings is 1. The molecular formula is C23H20FNO5. The summed E-state index contributed by atoms with van der Waals surface area (Å²) in [6, 6.07) is 10.1. The second kappa shape index (κ2) is 7.33. The second-order valence-corrected chi connectivity index (χ2v) is 6.77. The minimum Gasteiger partial charge on any atom is -0.494 e. The highest BCUT2D eigenvalue weighted by Gasteiger charge is 2.32. The van der Waals surface area contributed by atoms with Gasteiger partial charge in [-0.3, -0.25) is 0 Å². The number of hydrogen-bond acceptors (Lipinski definition) is 5. The maximum atomic E-state index is 14.5. The SMILES string of the molecule is CCc1c(-c2ccc(OC)c(F)c2)c2c(C(=O)OC)c(C(=O)OC)c3cccc1n32. The molecule has 0 radical (unpaired) electrons. The highest BCUT2D eigenvalue weighted by atomic mass is 19.1. The molecule has 30 heavy (non-hydrogen) atoms. The van der Waals surface area contributed by atoms with Crippen LogP contribution in [0.2, 0.25) is 0 Å². The van der Waals surface area contributed by atoms with E-state index in [9.17, 15) is 14.0 Å². The van der Waals surface area contributed by atoms with Gasteiger partial charge in [0.25, 0.3) is 0 Å². The third kappa shape index (κ3) is 2.62. The van der Waals surface area contributed by atoms with Crippen LogP contribution in [0.15, 0.2) is 36.4 Å². The van der Waals surface area contributed by atoms with Crippen LogP contribution in [-0.4, -0.2) is 37.7 Å². The van der Waals surface area contributed by atoms with Crippen molar-refractivity contribution in [2.75, 3.05) is 21.3 Å². The molecule has 0 aliphatic rings. The van der Waals surface area contributed by atoms with Crippen LogP contribution in [-0.2, 0) is 15.9 Å². The van der Waals surface area contributed by atoms with E-state index in [1.807, 2.05) is 23.5 Å². The number of nitrogens with zero attached hydrogens (tertiary/aromatic N) is 1. The summed E-state index contributed by atoms with van der Waals surface area (Å²) in [5, 5.41) is 0. The lowest BCUT2D eigenvalue weighted by Crippen LogP contribution is -2.10. The molecule has 0 bridgehead atoms. The van der Waals surface area contributed by atoms with Gasteiger partial charge in [-0.05, 0) is 41.8 Å². The normalized spacial score (nSPS) is 11.2. The van der Waals surface area contributed by atoms with Crippen LogP contribution >= 0.6 is 0 Å². The Kier molecular flexibility index (Phi) is 4.81. The van der Waals surface area contributed by atoms with Gasteiger partial charge in [-0.2, -0.15) is 0 Å². The van der Waals surface area contributed by atoms with Gasteiger partial charge in [0, 0.05) is 5.56 Å². The Morgan fingerprint density at radius 3 is 2.23 bits per heavy atom. The Morgan fingerprint density at radius 2 is 1.63 bits per heavy atom. The average molecular weight is 409 g/mol. The summed E-state index contributed by atoms with van der Waals surface area (Å²) in [6.07, 6.45) is 0.637. The number of methoxy groups -OCH3 is 3. The van der Waals surface area contributed by atoms with E-state index in [2.05, 4.69) is 0 Å². The minimum atomic E-state index is -0.663. The topological polar surface area (TPSA) is 66.2 Å². The molecule has 0 fully saturated rings. The predicted octanol–water partition coefficient (Wildman–Crippen LogP) is 4.48. The van der Waals surface area contributed by atoms with Crippen molar-refractivity contribution in [2.24, 2.45) is 0 Å². The zero-order chi connectivity index (χ0) is 21.6. The van der Waals surface area contributed by atoms with Crippen LogP contribution in [0.25, 0.3) is 27.7 Å². The number of ether oxygens (including phenoxy) is 3. The molecule has 0 unspecified atom stereocenters. The Bertz CT molecular complexity index is 1290. The Labute approximate surface area is 172 Å². The third-order valence-corrected chi connectivity index (χ3v) is 5.38. The fourth-order valence-corrected chi connectivity index (χ4v) is 4.15. The zero-order valence-electron chi connectivity index (χ0n) is 17.0. The summed E-state index contributed by atoms with van der Waals surface area (Å²) in [4.78, 5) is 25.4. The molecule has 4 rings (SSSR count). The van der Waals surface area contributed by atoms with E-state index in [0.717, 1.165) is 11.1 Å². The maximum Gasteiger partial charge on any atom is 0.340 e.